The molecule has 1 aromatic rings. The van der Waals surface area contributed by atoms with E-state index in [0.717, 1.165) is 5.56 Å². The van der Waals surface area contributed by atoms with Gasteiger partial charge in [-0.05, 0) is 18.9 Å². The summed E-state index contributed by atoms with van der Waals surface area (Å²) < 4.78 is 4.82. The average molecular weight is 229 g/mol. The number of carbonyl (C=O) groups is 1. The Morgan fingerprint density at radius 1 is 1.60 bits per heavy atom. The molecule has 0 saturated heterocycles. The van der Waals surface area contributed by atoms with Crippen molar-refractivity contribution in [3.63, 3.8) is 0 Å². The van der Waals surface area contributed by atoms with Crippen LogP contribution < -0.4 is 5.73 Å². The zero-order valence-electron chi connectivity index (χ0n) is 8.71. The van der Waals surface area contributed by atoms with Gasteiger partial charge in [0, 0.05) is 0 Å². The molecule has 82 valence electrons. The van der Waals surface area contributed by atoms with E-state index in [2.05, 4.69) is 4.98 Å². The second kappa shape index (κ2) is 4.98. The van der Waals surface area contributed by atoms with E-state index in [4.69, 9.17) is 22.1 Å². The molecule has 0 saturated carbocycles. The quantitative estimate of drug-likeness (QED) is 0.805. The molecule has 0 amide bonds. The highest BCUT2D eigenvalue weighted by Crippen LogP contribution is 2.25. The second-order valence-corrected chi connectivity index (χ2v) is 3.31. The van der Waals surface area contributed by atoms with Crippen LogP contribution in [-0.4, -0.2) is 17.6 Å². The van der Waals surface area contributed by atoms with E-state index in [-0.39, 0.29) is 10.7 Å². The summed E-state index contributed by atoms with van der Waals surface area (Å²) in [6.07, 6.45) is 2.08. The third-order valence-electron chi connectivity index (χ3n) is 1.98. The van der Waals surface area contributed by atoms with Crippen molar-refractivity contribution in [1.29, 1.82) is 0 Å². The number of nitrogens with zero attached hydrogens (tertiary/aromatic N) is 1. The molecule has 0 spiro atoms. The van der Waals surface area contributed by atoms with Crippen molar-refractivity contribution in [2.45, 2.75) is 20.3 Å². The van der Waals surface area contributed by atoms with Gasteiger partial charge in [-0.1, -0.05) is 18.5 Å². The van der Waals surface area contributed by atoms with Crippen LogP contribution in [0.3, 0.4) is 0 Å². The van der Waals surface area contributed by atoms with Crippen LogP contribution in [0.2, 0.25) is 5.02 Å². The fourth-order valence-corrected chi connectivity index (χ4v) is 1.61. The fourth-order valence-electron chi connectivity index (χ4n) is 1.24. The molecule has 0 unspecified atom stereocenters. The second-order valence-electron chi connectivity index (χ2n) is 2.93. The van der Waals surface area contributed by atoms with E-state index in [1.165, 1.54) is 6.20 Å². The number of nitrogens with two attached hydrogens (primary N) is 1. The maximum absolute atomic E-state index is 11.4. The van der Waals surface area contributed by atoms with Crippen LogP contribution in [0.4, 0.5) is 5.69 Å². The van der Waals surface area contributed by atoms with E-state index in [9.17, 15) is 4.79 Å². The van der Waals surface area contributed by atoms with Crippen LogP contribution >= 0.6 is 11.6 Å². The molecule has 1 rings (SSSR count). The Hall–Kier alpha value is -1.29. The molecule has 1 heterocycles. The third kappa shape index (κ3) is 2.39. The Balaban J connectivity index is 3.15. The summed E-state index contributed by atoms with van der Waals surface area (Å²) in [4.78, 5) is 15.3. The molecule has 2 N–H and O–H groups in total. The number of halogens is 1. The number of anilines is 1. The van der Waals surface area contributed by atoms with Gasteiger partial charge in [0.25, 0.3) is 0 Å². The van der Waals surface area contributed by atoms with Crippen LogP contribution in [-0.2, 0) is 11.2 Å². The Bertz CT molecular complexity index is 380. The predicted octanol–water partition coefficient (Wildman–Crippen LogP) is 2.06. The number of hydrogen-bond acceptors (Lipinski definition) is 4. The van der Waals surface area contributed by atoms with E-state index in [1.54, 1.807) is 6.92 Å². The van der Waals surface area contributed by atoms with E-state index in [1.807, 2.05) is 6.92 Å². The molecule has 0 bridgehead atoms. The molecule has 5 heteroatoms. The molecule has 0 aliphatic heterocycles. The minimum absolute atomic E-state index is 0.129. The molecule has 15 heavy (non-hydrogen) atoms. The van der Waals surface area contributed by atoms with Crippen LogP contribution in [0.5, 0.6) is 0 Å². The van der Waals surface area contributed by atoms with Crippen molar-refractivity contribution in [2.24, 2.45) is 0 Å². The lowest BCUT2D eigenvalue weighted by molar-refractivity contribution is 0.0519. The molecular formula is C10H13ClN2O2. The van der Waals surface area contributed by atoms with Crippen molar-refractivity contribution in [2.75, 3.05) is 12.3 Å². The lowest BCUT2D eigenvalue weighted by Crippen LogP contribution is -2.10. The molecule has 4 nitrogen and oxygen atoms in total. The number of pyridine rings is 1. The Morgan fingerprint density at radius 3 is 2.80 bits per heavy atom. The number of carbonyl (C=O) groups excluding carboxylic acids is 1. The van der Waals surface area contributed by atoms with Gasteiger partial charge in [-0.2, -0.15) is 0 Å². The summed E-state index contributed by atoms with van der Waals surface area (Å²) in [6, 6.07) is 0. The van der Waals surface area contributed by atoms with Gasteiger partial charge in [-0.15, -0.1) is 0 Å². The maximum Gasteiger partial charge on any atom is 0.358 e. The van der Waals surface area contributed by atoms with Gasteiger partial charge in [-0.25, -0.2) is 9.78 Å². The zero-order chi connectivity index (χ0) is 11.4. The van der Waals surface area contributed by atoms with E-state index >= 15 is 0 Å². The molecule has 0 atom stereocenters. The predicted molar refractivity (Wildman–Crippen MR) is 59.0 cm³/mol. The molecule has 0 aromatic carbocycles. The average Bonchev–Trinajstić information content (AvgIpc) is 2.18. The van der Waals surface area contributed by atoms with Gasteiger partial charge in [0.1, 0.15) is 0 Å². The molecule has 0 radical (unpaired) electrons. The summed E-state index contributed by atoms with van der Waals surface area (Å²) in [6.45, 7) is 3.93. The standard InChI is InChI=1S/C10H13ClN2O2/c1-3-6-7(12)5-13-9(8(6)11)10(14)15-4-2/h5H,3-4,12H2,1-2H3. The number of hydrogen-bond donors (Lipinski definition) is 1. The van der Waals surface area contributed by atoms with Crippen LogP contribution in [0.25, 0.3) is 0 Å². The van der Waals surface area contributed by atoms with Crippen molar-refractivity contribution < 1.29 is 9.53 Å². The van der Waals surface area contributed by atoms with Gasteiger partial charge in [-0.3, -0.25) is 0 Å². The summed E-state index contributed by atoms with van der Waals surface area (Å²) in [5.74, 6) is -0.516. The van der Waals surface area contributed by atoms with Crippen LogP contribution in [0.1, 0.15) is 29.9 Å². The zero-order valence-corrected chi connectivity index (χ0v) is 9.47. The van der Waals surface area contributed by atoms with Crippen molar-refractivity contribution in [1.82, 2.24) is 4.98 Å². The van der Waals surface area contributed by atoms with Crippen molar-refractivity contribution in [3.05, 3.63) is 22.5 Å². The van der Waals surface area contributed by atoms with Crippen molar-refractivity contribution in [3.8, 4) is 0 Å². The molecular weight excluding hydrogens is 216 g/mol. The van der Waals surface area contributed by atoms with E-state index in [0.29, 0.717) is 18.7 Å². The first-order valence-electron chi connectivity index (χ1n) is 4.71. The first-order chi connectivity index (χ1) is 7.11. The van der Waals surface area contributed by atoms with Gasteiger partial charge < -0.3 is 10.5 Å². The highest BCUT2D eigenvalue weighted by molar-refractivity contribution is 6.34. The van der Waals surface area contributed by atoms with E-state index < -0.39 is 5.97 Å². The summed E-state index contributed by atoms with van der Waals surface area (Å²) in [7, 11) is 0. The number of rotatable bonds is 3. The normalized spacial score (nSPS) is 10.1. The van der Waals surface area contributed by atoms with Crippen LogP contribution in [0.15, 0.2) is 6.20 Å². The first kappa shape index (κ1) is 11.8. The topological polar surface area (TPSA) is 65.2 Å². The summed E-state index contributed by atoms with van der Waals surface area (Å²) in [5, 5.41) is 0.288. The Kier molecular flexibility index (Phi) is 3.91. The largest absolute Gasteiger partial charge is 0.461 e. The number of esters is 1. The Labute approximate surface area is 93.4 Å². The van der Waals surface area contributed by atoms with Gasteiger partial charge >= 0.3 is 5.97 Å². The third-order valence-corrected chi connectivity index (χ3v) is 2.38. The van der Waals surface area contributed by atoms with Crippen LogP contribution in [0, 0.1) is 0 Å². The maximum atomic E-state index is 11.4. The lowest BCUT2D eigenvalue weighted by atomic mass is 10.1. The number of nitrogen functional groups attached to an aromatic ring is 1. The smallest absolute Gasteiger partial charge is 0.358 e. The Morgan fingerprint density at radius 2 is 2.27 bits per heavy atom. The highest BCUT2D eigenvalue weighted by atomic mass is 35.5. The minimum Gasteiger partial charge on any atom is -0.461 e. The molecule has 0 aliphatic rings. The summed E-state index contributed by atoms with van der Waals surface area (Å²) >= 11 is 6.00. The lowest BCUT2D eigenvalue weighted by Gasteiger charge is -2.08. The minimum atomic E-state index is -0.516. The monoisotopic (exact) mass is 228 g/mol. The van der Waals surface area contributed by atoms with Gasteiger partial charge in [0.15, 0.2) is 5.69 Å². The fraction of sp³-hybridized carbons (Fsp3) is 0.400. The SMILES string of the molecule is CCOC(=O)c1ncc(N)c(CC)c1Cl. The van der Waals surface area contributed by atoms with Gasteiger partial charge in [0.05, 0.1) is 23.5 Å². The number of aromatic nitrogens is 1. The molecule has 1 aromatic heterocycles. The van der Waals surface area contributed by atoms with Crippen molar-refractivity contribution >= 4 is 23.3 Å². The first-order valence-corrected chi connectivity index (χ1v) is 5.09. The van der Waals surface area contributed by atoms with Gasteiger partial charge in [0.2, 0.25) is 0 Å². The number of ether oxygens (including phenoxy) is 1. The summed E-state index contributed by atoms with van der Waals surface area (Å²) in [5.41, 5.74) is 7.03. The highest BCUT2D eigenvalue weighted by Gasteiger charge is 2.17. The molecule has 0 aliphatic carbocycles. The molecule has 0 fully saturated rings.